The second-order valence-corrected chi connectivity index (χ2v) is 7.63. The highest BCUT2D eigenvalue weighted by Gasteiger charge is 2.48. The van der Waals surface area contributed by atoms with E-state index in [1.54, 1.807) is 0 Å². The maximum absolute atomic E-state index is 10.4. The van der Waals surface area contributed by atoms with Crippen molar-refractivity contribution in [2.45, 2.75) is 57.3 Å². The van der Waals surface area contributed by atoms with Gasteiger partial charge in [-0.2, -0.15) is 0 Å². The van der Waals surface area contributed by atoms with E-state index in [1.165, 1.54) is 5.56 Å². The summed E-state index contributed by atoms with van der Waals surface area (Å²) in [4.78, 5) is 0. The standard InChI is InChI=1S/C23H28O6/c1-3-15-6-10-17(11-7-15)23-27-19-13-26-22(16-8-4-14(2)5-9-16)29-21(19)20(28-23)18(25)12-24/h4-11,18-25H,3,12-13H2,1-2H3/t18-,19+,20-,21-,22?,23?/m1/s1. The Bertz CT molecular complexity index is 790. The van der Waals surface area contributed by atoms with Gasteiger partial charge in [-0.15, -0.1) is 0 Å². The number of aliphatic hydroxyl groups is 2. The van der Waals surface area contributed by atoms with Crippen LogP contribution < -0.4 is 0 Å². The highest BCUT2D eigenvalue weighted by Crippen LogP contribution is 2.39. The molecule has 0 radical (unpaired) electrons. The fourth-order valence-electron chi connectivity index (χ4n) is 3.74. The van der Waals surface area contributed by atoms with Crippen LogP contribution in [0.3, 0.4) is 0 Å². The van der Waals surface area contributed by atoms with Crippen molar-refractivity contribution in [2.24, 2.45) is 0 Å². The van der Waals surface area contributed by atoms with Crippen LogP contribution in [0.25, 0.3) is 0 Å². The van der Waals surface area contributed by atoms with Crippen LogP contribution in [0.1, 0.15) is 41.8 Å². The number of hydrogen-bond donors (Lipinski definition) is 2. The van der Waals surface area contributed by atoms with Crippen LogP contribution in [0.2, 0.25) is 0 Å². The first kappa shape index (κ1) is 20.5. The summed E-state index contributed by atoms with van der Waals surface area (Å²) < 4.78 is 24.2. The summed E-state index contributed by atoms with van der Waals surface area (Å²) in [5.41, 5.74) is 4.12. The topological polar surface area (TPSA) is 77.4 Å². The molecule has 0 amide bonds. The quantitative estimate of drug-likeness (QED) is 0.804. The molecule has 6 nitrogen and oxygen atoms in total. The molecule has 29 heavy (non-hydrogen) atoms. The number of benzene rings is 2. The molecule has 0 spiro atoms. The Balaban J connectivity index is 1.54. The summed E-state index contributed by atoms with van der Waals surface area (Å²) in [5, 5.41) is 20.0. The Morgan fingerprint density at radius 1 is 0.931 bits per heavy atom. The Labute approximate surface area is 171 Å². The van der Waals surface area contributed by atoms with Gasteiger partial charge in [0.1, 0.15) is 24.4 Å². The number of aryl methyl sites for hydroxylation is 2. The first-order valence-electron chi connectivity index (χ1n) is 10.1. The highest BCUT2D eigenvalue weighted by atomic mass is 16.8. The van der Waals surface area contributed by atoms with E-state index in [0.29, 0.717) is 6.61 Å². The minimum atomic E-state index is -1.08. The van der Waals surface area contributed by atoms with Gasteiger partial charge in [-0.05, 0) is 18.9 Å². The van der Waals surface area contributed by atoms with Gasteiger partial charge in [-0.3, -0.25) is 0 Å². The first-order chi connectivity index (χ1) is 14.1. The summed E-state index contributed by atoms with van der Waals surface area (Å²) in [6.45, 7) is 4.01. The molecular weight excluding hydrogens is 372 g/mol. The lowest BCUT2D eigenvalue weighted by Crippen LogP contribution is -2.58. The van der Waals surface area contributed by atoms with Crippen molar-refractivity contribution >= 4 is 0 Å². The molecule has 2 fully saturated rings. The molecule has 2 heterocycles. The SMILES string of the molecule is CCc1ccc(C2O[C@H]([C@H](O)CO)[C@@H]3OC(c4ccc(C)cc4)OC[C@@H]3O2)cc1. The Morgan fingerprint density at radius 3 is 2.24 bits per heavy atom. The molecule has 2 N–H and O–H groups in total. The molecule has 2 aliphatic rings. The summed E-state index contributed by atoms with van der Waals surface area (Å²) in [7, 11) is 0. The zero-order chi connectivity index (χ0) is 20.4. The highest BCUT2D eigenvalue weighted by molar-refractivity contribution is 5.24. The van der Waals surface area contributed by atoms with Crippen molar-refractivity contribution in [1.29, 1.82) is 0 Å². The Morgan fingerprint density at radius 2 is 1.59 bits per heavy atom. The van der Waals surface area contributed by atoms with Crippen molar-refractivity contribution in [3.05, 3.63) is 70.8 Å². The Hall–Kier alpha value is -1.80. The van der Waals surface area contributed by atoms with Crippen LogP contribution in [0, 0.1) is 6.92 Å². The van der Waals surface area contributed by atoms with Crippen molar-refractivity contribution in [3.63, 3.8) is 0 Å². The normalized spacial score (nSPS) is 30.6. The molecule has 2 saturated heterocycles. The van der Waals surface area contributed by atoms with Crippen LogP contribution in [0.4, 0.5) is 0 Å². The Kier molecular flexibility index (Phi) is 6.29. The van der Waals surface area contributed by atoms with Gasteiger partial charge in [0.05, 0.1) is 13.2 Å². The van der Waals surface area contributed by atoms with Crippen LogP contribution in [-0.4, -0.2) is 47.8 Å². The third-order valence-electron chi connectivity index (χ3n) is 5.54. The molecule has 4 rings (SSSR count). The van der Waals surface area contributed by atoms with Gasteiger partial charge in [0, 0.05) is 11.1 Å². The molecular formula is C23H28O6. The van der Waals surface area contributed by atoms with Gasteiger partial charge < -0.3 is 29.2 Å². The molecule has 6 heteroatoms. The summed E-state index contributed by atoms with van der Waals surface area (Å²) in [6, 6.07) is 15.9. The van der Waals surface area contributed by atoms with Gasteiger partial charge in [-0.25, -0.2) is 0 Å². The number of aliphatic hydroxyl groups excluding tert-OH is 2. The van der Waals surface area contributed by atoms with E-state index in [4.69, 9.17) is 18.9 Å². The van der Waals surface area contributed by atoms with E-state index < -0.39 is 43.6 Å². The van der Waals surface area contributed by atoms with Crippen molar-refractivity contribution in [1.82, 2.24) is 0 Å². The first-order valence-corrected chi connectivity index (χ1v) is 10.1. The van der Waals surface area contributed by atoms with Crippen molar-refractivity contribution < 1.29 is 29.2 Å². The lowest BCUT2D eigenvalue weighted by Gasteiger charge is -2.47. The molecule has 6 atom stereocenters. The molecule has 2 unspecified atom stereocenters. The maximum atomic E-state index is 10.4. The molecule has 2 aliphatic heterocycles. The lowest BCUT2D eigenvalue weighted by molar-refractivity contribution is -0.373. The van der Waals surface area contributed by atoms with Crippen molar-refractivity contribution in [3.8, 4) is 0 Å². The predicted octanol–water partition coefficient (Wildman–Crippen LogP) is 2.81. The van der Waals surface area contributed by atoms with Gasteiger partial charge in [-0.1, -0.05) is 61.0 Å². The number of hydrogen-bond acceptors (Lipinski definition) is 6. The van der Waals surface area contributed by atoms with Crippen LogP contribution >= 0.6 is 0 Å². The average Bonchev–Trinajstić information content (AvgIpc) is 2.78. The minimum absolute atomic E-state index is 0.310. The summed E-state index contributed by atoms with van der Waals surface area (Å²) in [5.74, 6) is 0. The molecule has 0 aliphatic carbocycles. The fourth-order valence-corrected chi connectivity index (χ4v) is 3.74. The molecule has 2 aromatic rings. The molecule has 2 aromatic carbocycles. The molecule has 0 aromatic heterocycles. The number of rotatable bonds is 5. The fraction of sp³-hybridized carbons (Fsp3) is 0.478. The third kappa shape index (κ3) is 4.38. The van der Waals surface area contributed by atoms with Crippen LogP contribution in [0.15, 0.2) is 48.5 Å². The van der Waals surface area contributed by atoms with E-state index in [-0.39, 0.29) is 0 Å². The van der Waals surface area contributed by atoms with E-state index in [0.717, 1.165) is 23.1 Å². The largest absolute Gasteiger partial charge is 0.394 e. The van der Waals surface area contributed by atoms with E-state index in [9.17, 15) is 10.2 Å². The molecule has 0 saturated carbocycles. The number of fused-ring (bicyclic) bond motifs is 1. The smallest absolute Gasteiger partial charge is 0.184 e. The monoisotopic (exact) mass is 400 g/mol. The third-order valence-corrected chi connectivity index (χ3v) is 5.54. The second kappa shape index (κ2) is 8.92. The van der Waals surface area contributed by atoms with Crippen LogP contribution in [0.5, 0.6) is 0 Å². The molecule has 0 bridgehead atoms. The minimum Gasteiger partial charge on any atom is -0.394 e. The molecule has 156 valence electrons. The maximum Gasteiger partial charge on any atom is 0.184 e. The van der Waals surface area contributed by atoms with E-state index in [2.05, 4.69) is 6.92 Å². The summed E-state index contributed by atoms with van der Waals surface area (Å²) in [6.07, 6.45) is -3.05. The van der Waals surface area contributed by atoms with Gasteiger partial charge in [0.15, 0.2) is 12.6 Å². The van der Waals surface area contributed by atoms with Gasteiger partial charge >= 0.3 is 0 Å². The second-order valence-electron chi connectivity index (χ2n) is 7.63. The lowest BCUT2D eigenvalue weighted by atomic mass is 9.99. The average molecular weight is 400 g/mol. The van der Waals surface area contributed by atoms with Crippen LogP contribution in [-0.2, 0) is 25.4 Å². The van der Waals surface area contributed by atoms with E-state index >= 15 is 0 Å². The zero-order valence-corrected chi connectivity index (χ0v) is 16.7. The van der Waals surface area contributed by atoms with Gasteiger partial charge in [0.2, 0.25) is 0 Å². The zero-order valence-electron chi connectivity index (χ0n) is 16.7. The predicted molar refractivity (Wildman–Crippen MR) is 106 cm³/mol. The van der Waals surface area contributed by atoms with E-state index in [1.807, 2.05) is 55.5 Å². The summed E-state index contributed by atoms with van der Waals surface area (Å²) >= 11 is 0. The van der Waals surface area contributed by atoms with Crippen molar-refractivity contribution in [2.75, 3.05) is 13.2 Å². The number of ether oxygens (including phenoxy) is 4. The van der Waals surface area contributed by atoms with Gasteiger partial charge in [0.25, 0.3) is 0 Å².